The fourth-order valence-corrected chi connectivity index (χ4v) is 1.46. The van der Waals surface area contributed by atoms with Crippen molar-refractivity contribution in [2.45, 2.75) is 12.5 Å². The fraction of sp³-hybridized carbons (Fsp3) is 0.333. The van der Waals surface area contributed by atoms with E-state index in [9.17, 15) is 0 Å². The molecule has 1 rings (SSSR count). The average Bonchev–Trinajstić information content (AvgIpc) is 2.19. The lowest BCUT2D eigenvalue weighted by Gasteiger charge is -2.25. The van der Waals surface area contributed by atoms with E-state index in [1.165, 1.54) is 5.70 Å². The topological polar surface area (TPSA) is 29.3 Å². The smallest absolute Gasteiger partial charge is 0.0360 e. The van der Waals surface area contributed by atoms with Crippen LogP contribution >= 0.6 is 0 Å². The van der Waals surface area contributed by atoms with Crippen molar-refractivity contribution in [2.24, 2.45) is 5.73 Å². The number of rotatable bonds is 5. The van der Waals surface area contributed by atoms with Crippen molar-refractivity contribution < 1.29 is 0 Å². The Morgan fingerprint density at radius 2 is 2.07 bits per heavy atom. The molecule has 0 fully saturated rings. The maximum absolute atomic E-state index is 5.75. The predicted octanol–water partition coefficient (Wildman–Crippen LogP) is 1.83. The molecule has 1 aliphatic carbocycles. The summed E-state index contributed by atoms with van der Waals surface area (Å²) in [7, 11) is 0. The van der Waals surface area contributed by atoms with Crippen LogP contribution in [-0.4, -0.2) is 24.0 Å². The van der Waals surface area contributed by atoms with Gasteiger partial charge in [0.25, 0.3) is 0 Å². The Labute approximate surface area is 86.1 Å². The number of nitrogens with zero attached hydrogens (tertiary/aromatic N) is 1. The zero-order valence-corrected chi connectivity index (χ0v) is 8.52. The zero-order valence-electron chi connectivity index (χ0n) is 8.52. The van der Waals surface area contributed by atoms with E-state index in [1.54, 1.807) is 0 Å². The van der Waals surface area contributed by atoms with Crippen molar-refractivity contribution in [3.05, 3.63) is 49.2 Å². The highest BCUT2D eigenvalue weighted by molar-refractivity contribution is 5.24. The van der Waals surface area contributed by atoms with Crippen LogP contribution in [0.15, 0.2) is 49.2 Å². The lowest BCUT2D eigenvalue weighted by molar-refractivity contribution is 0.430. The van der Waals surface area contributed by atoms with Gasteiger partial charge in [0.15, 0.2) is 0 Å². The Morgan fingerprint density at radius 3 is 2.50 bits per heavy atom. The molecule has 0 radical (unpaired) electrons. The summed E-state index contributed by atoms with van der Waals surface area (Å²) in [6, 6.07) is 0.174. The van der Waals surface area contributed by atoms with Gasteiger partial charge in [-0.1, -0.05) is 24.3 Å². The standard InChI is InChI=1S/C12H18N2/c1-3-9-14(10-4-2)12-7-5-11(13)6-8-12/h3-5,7-8,11H,1-2,6,9-10,13H2. The van der Waals surface area contributed by atoms with Crippen molar-refractivity contribution in [1.82, 2.24) is 4.90 Å². The fourth-order valence-electron chi connectivity index (χ4n) is 1.46. The van der Waals surface area contributed by atoms with Gasteiger partial charge < -0.3 is 10.6 Å². The largest absolute Gasteiger partial charge is 0.364 e. The molecule has 14 heavy (non-hydrogen) atoms. The highest BCUT2D eigenvalue weighted by Crippen LogP contribution is 2.13. The Balaban J connectivity index is 2.64. The van der Waals surface area contributed by atoms with Gasteiger partial charge in [0.1, 0.15) is 0 Å². The van der Waals surface area contributed by atoms with Gasteiger partial charge >= 0.3 is 0 Å². The van der Waals surface area contributed by atoms with Crippen LogP contribution < -0.4 is 5.73 Å². The maximum Gasteiger partial charge on any atom is 0.0360 e. The number of allylic oxidation sites excluding steroid dienone is 1. The van der Waals surface area contributed by atoms with E-state index < -0.39 is 0 Å². The third kappa shape index (κ3) is 2.89. The lowest BCUT2D eigenvalue weighted by Crippen LogP contribution is -2.26. The molecule has 0 aromatic rings. The van der Waals surface area contributed by atoms with E-state index in [0.29, 0.717) is 0 Å². The van der Waals surface area contributed by atoms with Gasteiger partial charge in [0.2, 0.25) is 0 Å². The summed E-state index contributed by atoms with van der Waals surface area (Å²) < 4.78 is 0. The summed E-state index contributed by atoms with van der Waals surface area (Å²) >= 11 is 0. The first-order chi connectivity index (χ1) is 6.77. The molecule has 0 aromatic carbocycles. The molecule has 0 saturated carbocycles. The monoisotopic (exact) mass is 190 g/mol. The van der Waals surface area contributed by atoms with Crippen LogP contribution in [0.3, 0.4) is 0 Å². The van der Waals surface area contributed by atoms with Gasteiger partial charge in [0.05, 0.1) is 0 Å². The summed E-state index contributed by atoms with van der Waals surface area (Å²) in [5, 5.41) is 0. The first-order valence-corrected chi connectivity index (χ1v) is 4.88. The van der Waals surface area contributed by atoms with Crippen LogP contribution in [0.5, 0.6) is 0 Å². The second kappa shape index (κ2) is 5.45. The van der Waals surface area contributed by atoms with E-state index in [0.717, 1.165) is 19.5 Å². The molecule has 1 atom stereocenters. The molecule has 0 bridgehead atoms. The third-order valence-electron chi connectivity index (χ3n) is 2.18. The summed E-state index contributed by atoms with van der Waals surface area (Å²) in [5.41, 5.74) is 6.97. The van der Waals surface area contributed by atoms with Crippen molar-refractivity contribution in [2.75, 3.05) is 13.1 Å². The molecular weight excluding hydrogens is 172 g/mol. The van der Waals surface area contributed by atoms with Crippen LogP contribution in [0.1, 0.15) is 6.42 Å². The van der Waals surface area contributed by atoms with E-state index >= 15 is 0 Å². The lowest BCUT2D eigenvalue weighted by atomic mass is 10.1. The average molecular weight is 190 g/mol. The van der Waals surface area contributed by atoms with Gasteiger partial charge in [-0.2, -0.15) is 0 Å². The Bertz CT molecular complexity index is 253. The number of hydrogen-bond donors (Lipinski definition) is 1. The van der Waals surface area contributed by atoms with Crippen molar-refractivity contribution >= 4 is 0 Å². The first-order valence-electron chi connectivity index (χ1n) is 4.88. The molecule has 0 saturated heterocycles. The van der Waals surface area contributed by atoms with Crippen molar-refractivity contribution in [1.29, 1.82) is 0 Å². The minimum atomic E-state index is 0.174. The molecule has 0 amide bonds. The summed E-state index contributed by atoms with van der Waals surface area (Å²) in [5.74, 6) is 0. The van der Waals surface area contributed by atoms with E-state index in [-0.39, 0.29) is 6.04 Å². The molecule has 0 spiro atoms. The van der Waals surface area contributed by atoms with E-state index in [4.69, 9.17) is 5.73 Å². The predicted molar refractivity (Wildman–Crippen MR) is 61.8 cm³/mol. The molecule has 1 unspecified atom stereocenters. The Kier molecular flexibility index (Phi) is 4.20. The van der Waals surface area contributed by atoms with Crippen molar-refractivity contribution in [3.8, 4) is 0 Å². The number of nitrogens with two attached hydrogens (primary N) is 1. The third-order valence-corrected chi connectivity index (χ3v) is 2.18. The van der Waals surface area contributed by atoms with Crippen molar-refractivity contribution in [3.63, 3.8) is 0 Å². The first kappa shape index (κ1) is 10.8. The normalized spacial score (nSPS) is 20.1. The molecule has 76 valence electrons. The van der Waals surface area contributed by atoms with Gasteiger partial charge in [0, 0.05) is 24.8 Å². The molecule has 1 aliphatic rings. The molecule has 0 aliphatic heterocycles. The molecule has 2 N–H and O–H groups in total. The van der Waals surface area contributed by atoms with Crippen LogP contribution in [-0.2, 0) is 0 Å². The second-order valence-corrected chi connectivity index (χ2v) is 3.37. The van der Waals surface area contributed by atoms with E-state index in [2.05, 4.69) is 30.2 Å². The Morgan fingerprint density at radius 1 is 1.43 bits per heavy atom. The minimum Gasteiger partial charge on any atom is -0.364 e. The van der Waals surface area contributed by atoms with Gasteiger partial charge in [-0.3, -0.25) is 0 Å². The highest BCUT2D eigenvalue weighted by atomic mass is 15.1. The molecule has 0 aromatic heterocycles. The maximum atomic E-state index is 5.75. The SMILES string of the molecule is C=CCN(CC=C)C1=CCC(N)C=C1. The zero-order chi connectivity index (χ0) is 10.4. The Hall–Kier alpha value is -1.28. The quantitative estimate of drug-likeness (QED) is 0.670. The number of hydrogen-bond acceptors (Lipinski definition) is 2. The van der Waals surface area contributed by atoms with E-state index in [1.807, 2.05) is 18.2 Å². The van der Waals surface area contributed by atoms with Crippen LogP contribution in [0.4, 0.5) is 0 Å². The highest BCUT2D eigenvalue weighted by Gasteiger charge is 2.08. The minimum absolute atomic E-state index is 0.174. The summed E-state index contributed by atoms with van der Waals surface area (Å²) in [6.45, 7) is 9.17. The molecule has 0 heterocycles. The van der Waals surface area contributed by atoms with Gasteiger partial charge in [-0.15, -0.1) is 13.2 Å². The summed E-state index contributed by atoms with van der Waals surface area (Å²) in [6.07, 6.45) is 11.0. The summed E-state index contributed by atoms with van der Waals surface area (Å²) in [4.78, 5) is 2.21. The van der Waals surface area contributed by atoms with Crippen LogP contribution in [0.2, 0.25) is 0 Å². The van der Waals surface area contributed by atoms with Gasteiger partial charge in [-0.05, 0) is 12.5 Å². The van der Waals surface area contributed by atoms with Gasteiger partial charge in [-0.25, -0.2) is 0 Å². The van der Waals surface area contributed by atoms with Crippen LogP contribution in [0.25, 0.3) is 0 Å². The second-order valence-electron chi connectivity index (χ2n) is 3.37. The van der Waals surface area contributed by atoms with Crippen LogP contribution in [0, 0.1) is 0 Å². The molecular formula is C12H18N2. The molecule has 2 heteroatoms. The molecule has 2 nitrogen and oxygen atoms in total.